The van der Waals surface area contributed by atoms with E-state index in [2.05, 4.69) is 11.4 Å². The fourth-order valence-electron chi connectivity index (χ4n) is 2.79. The Balaban J connectivity index is 1.99. The van der Waals surface area contributed by atoms with Crippen molar-refractivity contribution in [3.05, 3.63) is 0 Å². The monoisotopic (exact) mass is 192 g/mol. The van der Waals surface area contributed by atoms with Gasteiger partial charge in [0.1, 0.15) is 0 Å². The molecule has 0 bridgehead atoms. The highest BCUT2D eigenvalue weighted by molar-refractivity contribution is 5.78. The molecule has 2 fully saturated rings. The van der Waals surface area contributed by atoms with Crippen LogP contribution in [0.3, 0.4) is 0 Å². The number of carbonyl (C=O) groups excluding carboxylic acids is 1. The Morgan fingerprint density at radius 1 is 1.36 bits per heavy atom. The molecule has 0 aromatic rings. The fraction of sp³-hybridized carbons (Fsp3) is 0.818. The van der Waals surface area contributed by atoms with Gasteiger partial charge in [-0.3, -0.25) is 4.79 Å². The molecule has 1 aliphatic carbocycles. The van der Waals surface area contributed by atoms with Crippen molar-refractivity contribution in [1.29, 1.82) is 5.26 Å². The third-order valence-corrected chi connectivity index (χ3v) is 3.57. The Kier molecular flexibility index (Phi) is 2.72. The lowest BCUT2D eigenvalue weighted by atomic mass is 9.81. The van der Waals surface area contributed by atoms with Gasteiger partial charge in [-0.15, -0.1) is 0 Å². The van der Waals surface area contributed by atoms with Crippen molar-refractivity contribution in [1.82, 2.24) is 5.32 Å². The molecule has 0 radical (unpaired) electrons. The van der Waals surface area contributed by atoms with Gasteiger partial charge in [-0.2, -0.15) is 5.26 Å². The van der Waals surface area contributed by atoms with Crippen LogP contribution < -0.4 is 5.32 Å². The van der Waals surface area contributed by atoms with Crippen molar-refractivity contribution in [2.75, 3.05) is 6.54 Å². The van der Waals surface area contributed by atoms with Gasteiger partial charge in [0.2, 0.25) is 5.91 Å². The maximum Gasteiger partial charge on any atom is 0.220 e. The summed E-state index contributed by atoms with van der Waals surface area (Å²) in [6.07, 6.45) is 5.45. The first-order chi connectivity index (χ1) is 6.81. The second-order valence-electron chi connectivity index (χ2n) is 4.47. The summed E-state index contributed by atoms with van der Waals surface area (Å²) < 4.78 is 0. The van der Waals surface area contributed by atoms with Crippen molar-refractivity contribution in [3.63, 3.8) is 0 Å². The number of nitriles is 1. The molecule has 3 nitrogen and oxygen atoms in total. The van der Waals surface area contributed by atoms with E-state index in [0.29, 0.717) is 18.9 Å². The quantitative estimate of drug-likeness (QED) is 0.720. The van der Waals surface area contributed by atoms with Crippen LogP contribution in [0, 0.1) is 29.1 Å². The summed E-state index contributed by atoms with van der Waals surface area (Å²) in [6, 6.07) is 2.41. The number of amides is 1. The molecule has 2 atom stereocenters. The van der Waals surface area contributed by atoms with E-state index in [1.165, 1.54) is 25.7 Å². The lowest BCUT2D eigenvalue weighted by Crippen LogP contribution is -2.22. The summed E-state index contributed by atoms with van der Waals surface area (Å²) >= 11 is 0. The SMILES string of the molecule is N#CC(C1CCCC1)C1CNC(=O)C1. The number of nitrogens with one attached hydrogen (secondary N) is 1. The first kappa shape index (κ1) is 9.51. The molecule has 3 heteroatoms. The molecule has 1 heterocycles. The number of rotatable bonds is 2. The van der Waals surface area contributed by atoms with Gasteiger partial charge < -0.3 is 5.32 Å². The number of hydrogen-bond acceptors (Lipinski definition) is 2. The highest BCUT2D eigenvalue weighted by Crippen LogP contribution is 2.36. The molecular weight excluding hydrogens is 176 g/mol. The predicted octanol–water partition coefficient (Wildman–Crippen LogP) is 1.45. The Hall–Kier alpha value is -1.04. The van der Waals surface area contributed by atoms with E-state index in [1.54, 1.807) is 0 Å². The molecule has 2 rings (SSSR count). The molecule has 1 amide bonds. The van der Waals surface area contributed by atoms with Crippen LogP contribution in [-0.4, -0.2) is 12.5 Å². The van der Waals surface area contributed by atoms with Gasteiger partial charge in [0, 0.05) is 18.9 Å². The highest BCUT2D eigenvalue weighted by atomic mass is 16.1. The van der Waals surface area contributed by atoms with Crippen molar-refractivity contribution in [2.24, 2.45) is 17.8 Å². The normalized spacial score (nSPS) is 29.9. The zero-order chi connectivity index (χ0) is 9.97. The van der Waals surface area contributed by atoms with Crippen molar-refractivity contribution >= 4 is 5.91 Å². The largest absolute Gasteiger partial charge is 0.356 e. The van der Waals surface area contributed by atoms with Crippen LogP contribution in [0.25, 0.3) is 0 Å². The molecule has 1 N–H and O–H groups in total. The molecule has 2 aliphatic rings. The molecule has 0 spiro atoms. The van der Waals surface area contributed by atoms with Crippen LogP contribution in [0.2, 0.25) is 0 Å². The Morgan fingerprint density at radius 2 is 2.07 bits per heavy atom. The summed E-state index contributed by atoms with van der Waals surface area (Å²) in [4.78, 5) is 11.1. The molecule has 14 heavy (non-hydrogen) atoms. The van der Waals surface area contributed by atoms with Gasteiger partial charge in [-0.1, -0.05) is 12.8 Å². The fourth-order valence-corrected chi connectivity index (χ4v) is 2.79. The van der Waals surface area contributed by atoms with Crippen LogP contribution in [0.1, 0.15) is 32.1 Å². The molecule has 76 valence electrons. The van der Waals surface area contributed by atoms with Crippen LogP contribution >= 0.6 is 0 Å². The van der Waals surface area contributed by atoms with Gasteiger partial charge in [-0.25, -0.2) is 0 Å². The molecular formula is C11H16N2O. The van der Waals surface area contributed by atoms with Gasteiger partial charge >= 0.3 is 0 Å². The number of hydrogen-bond donors (Lipinski definition) is 1. The standard InChI is InChI=1S/C11H16N2O/c12-6-10(8-3-1-2-4-8)9-5-11(14)13-7-9/h8-10H,1-5,7H2,(H,13,14). The average Bonchev–Trinajstić information content (AvgIpc) is 2.79. The van der Waals surface area contributed by atoms with Gasteiger partial charge in [0.25, 0.3) is 0 Å². The summed E-state index contributed by atoms with van der Waals surface area (Å²) in [6.45, 7) is 0.716. The summed E-state index contributed by atoms with van der Waals surface area (Å²) in [5, 5.41) is 12.0. The third kappa shape index (κ3) is 1.75. The molecule has 2 unspecified atom stereocenters. The molecule has 1 saturated heterocycles. The van der Waals surface area contributed by atoms with Crippen LogP contribution in [0.4, 0.5) is 0 Å². The van der Waals surface area contributed by atoms with Crippen LogP contribution in [0.5, 0.6) is 0 Å². The van der Waals surface area contributed by atoms with Crippen molar-refractivity contribution < 1.29 is 4.79 Å². The second-order valence-corrected chi connectivity index (χ2v) is 4.47. The van der Waals surface area contributed by atoms with Gasteiger partial charge in [0.05, 0.1) is 12.0 Å². The van der Waals surface area contributed by atoms with E-state index in [9.17, 15) is 4.79 Å². The van der Waals surface area contributed by atoms with E-state index in [0.717, 1.165) is 0 Å². The average molecular weight is 192 g/mol. The summed E-state index contributed by atoms with van der Waals surface area (Å²) in [5.41, 5.74) is 0. The topological polar surface area (TPSA) is 52.9 Å². The van der Waals surface area contributed by atoms with Crippen molar-refractivity contribution in [2.45, 2.75) is 32.1 Å². The smallest absolute Gasteiger partial charge is 0.220 e. The third-order valence-electron chi connectivity index (χ3n) is 3.57. The Bertz CT molecular complexity index is 263. The first-order valence-electron chi connectivity index (χ1n) is 5.47. The summed E-state index contributed by atoms with van der Waals surface area (Å²) in [5.74, 6) is 1.05. The maximum absolute atomic E-state index is 11.1. The minimum atomic E-state index is 0.108. The van der Waals surface area contributed by atoms with Crippen LogP contribution in [0.15, 0.2) is 0 Å². The maximum atomic E-state index is 11.1. The van der Waals surface area contributed by atoms with Gasteiger partial charge in [0.15, 0.2) is 0 Å². The number of carbonyl (C=O) groups is 1. The number of nitrogens with zero attached hydrogens (tertiary/aromatic N) is 1. The lowest BCUT2D eigenvalue weighted by molar-refractivity contribution is -0.119. The molecule has 0 aromatic carbocycles. The predicted molar refractivity (Wildman–Crippen MR) is 52.2 cm³/mol. The van der Waals surface area contributed by atoms with E-state index in [4.69, 9.17) is 5.26 Å². The van der Waals surface area contributed by atoms with E-state index >= 15 is 0 Å². The molecule has 1 aliphatic heterocycles. The second kappa shape index (κ2) is 4.00. The van der Waals surface area contributed by atoms with E-state index in [1.807, 2.05) is 0 Å². The minimum Gasteiger partial charge on any atom is -0.356 e. The Morgan fingerprint density at radius 3 is 2.57 bits per heavy atom. The lowest BCUT2D eigenvalue weighted by Gasteiger charge is -2.20. The van der Waals surface area contributed by atoms with Gasteiger partial charge in [-0.05, 0) is 18.8 Å². The highest BCUT2D eigenvalue weighted by Gasteiger charge is 2.35. The summed E-state index contributed by atoms with van der Waals surface area (Å²) in [7, 11) is 0. The van der Waals surface area contributed by atoms with Crippen molar-refractivity contribution in [3.8, 4) is 6.07 Å². The minimum absolute atomic E-state index is 0.108. The molecule has 1 saturated carbocycles. The van der Waals surface area contributed by atoms with Crippen LogP contribution in [-0.2, 0) is 4.79 Å². The Labute approximate surface area is 84.5 Å². The zero-order valence-corrected chi connectivity index (χ0v) is 8.33. The first-order valence-corrected chi connectivity index (χ1v) is 5.47. The van der Waals surface area contributed by atoms with E-state index < -0.39 is 0 Å². The molecule has 0 aromatic heterocycles. The zero-order valence-electron chi connectivity index (χ0n) is 8.33. The van der Waals surface area contributed by atoms with E-state index in [-0.39, 0.29) is 17.7 Å².